The van der Waals surface area contributed by atoms with Crippen LogP contribution in [0.25, 0.3) is 71.7 Å². The van der Waals surface area contributed by atoms with E-state index in [0.717, 1.165) is 51.6 Å². The van der Waals surface area contributed by atoms with Crippen molar-refractivity contribution in [2.75, 3.05) is 6.54 Å². The summed E-state index contributed by atoms with van der Waals surface area (Å²) >= 11 is 7.11. The smallest absolute Gasteiger partial charge is 0.263 e. The molecule has 75 heavy (non-hydrogen) atoms. The number of carbonyl (C=O) groups is 2. The van der Waals surface area contributed by atoms with E-state index in [1.54, 1.807) is 38.9 Å². The Hall–Kier alpha value is -4.14. The molecule has 0 N–H and O–H groups in total. The van der Waals surface area contributed by atoms with Crippen molar-refractivity contribution in [3.8, 4) is 29.9 Å². The molecule has 7 heteroatoms. The molecule has 4 aromatic carbocycles. The number of carbonyl (C=O) groups excluding carboxylic acids is 2. The van der Waals surface area contributed by atoms with Gasteiger partial charge in [0, 0.05) is 46.2 Å². The molecule has 0 saturated carbocycles. The van der Waals surface area contributed by atoms with Crippen LogP contribution in [0, 0.1) is 13.8 Å². The fraction of sp³-hybridized carbons (Fsp3) is 0.500. The number of fused-ring (bicyclic) bond motifs is 8. The molecule has 4 aromatic heterocycles. The van der Waals surface area contributed by atoms with Crippen molar-refractivity contribution in [2.45, 2.75) is 214 Å². The Morgan fingerprint density at radius 3 is 1.32 bits per heavy atom. The van der Waals surface area contributed by atoms with Gasteiger partial charge in [-0.1, -0.05) is 204 Å². The van der Waals surface area contributed by atoms with Crippen LogP contribution >= 0.6 is 45.3 Å². The molecule has 0 fully saturated rings. The molecule has 9 rings (SSSR count). The minimum absolute atomic E-state index is 0.111. The molecule has 3 nitrogen and oxygen atoms in total. The van der Waals surface area contributed by atoms with E-state index in [1.807, 2.05) is 11.3 Å². The molecule has 0 unspecified atom stereocenters. The Bertz CT molecular complexity index is 3180. The minimum atomic E-state index is -0.112. The average molecular weight is 1080 g/mol. The summed E-state index contributed by atoms with van der Waals surface area (Å²) in [6.45, 7) is 11.7. The number of hydrogen-bond acceptors (Lipinski definition) is 6. The van der Waals surface area contributed by atoms with Crippen molar-refractivity contribution in [3.63, 3.8) is 0 Å². The van der Waals surface area contributed by atoms with Crippen LogP contribution in [0.3, 0.4) is 0 Å². The zero-order valence-electron chi connectivity index (χ0n) is 46.3. The van der Waals surface area contributed by atoms with Crippen LogP contribution < -0.4 is 0 Å². The van der Waals surface area contributed by atoms with E-state index in [9.17, 15) is 9.59 Å². The SMILES string of the molecule is CCCCCCCCCCCCN1C(=O)c2c(-c3ccc(C)s3)sc(-c3ccc(-c4ccc5c(c4)c(CCCCCCCCCC)cc4c6cc(CCCCCCCCCC)c7cc(C)ccc7c6sc54)s3)c2C1=O. The van der Waals surface area contributed by atoms with Crippen LogP contribution in [0.15, 0.2) is 72.8 Å². The van der Waals surface area contributed by atoms with Gasteiger partial charge in [-0.2, -0.15) is 0 Å². The van der Waals surface area contributed by atoms with Gasteiger partial charge in [0.1, 0.15) is 0 Å². The highest BCUT2D eigenvalue weighted by Gasteiger charge is 2.42. The molecule has 5 heterocycles. The Kier molecular flexibility index (Phi) is 20.4. The van der Waals surface area contributed by atoms with Gasteiger partial charge in [-0.25, -0.2) is 0 Å². The summed E-state index contributed by atoms with van der Waals surface area (Å²) in [5.41, 5.74) is 6.78. The number of aryl methyl sites for hydroxylation is 4. The Balaban J connectivity index is 1.01. The topological polar surface area (TPSA) is 37.4 Å². The molecule has 8 aromatic rings. The summed E-state index contributed by atoms with van der Waals surface area (Å²) in [5, 5.41) is 8.45. The van der Waals surface area contributed by atoms with Gasteiger partial charge in [0.05, 0.1) is 20.9 Å². The van der Waals surface area contributed by atoms with Crippen molar-refractivity contribution in [1.29, 1.82) is 0 Å². The zero-order valence-corrected chi connectivity index (χ0v) is 49.6. The van der Waals surface area contributed by atoms with Crippen molar-refractivity contribution in [3.05, 3.63) is 105 Å². The number of unbranched alkanes of at least 4 members (excludes halogenated alkanes) is 23. The second-order valence-corrected chi connectivity index (χ2v) is 26.6. The van der Waals surface area contributed by atoms with Gasteiger partial charge in [-0.05, 0) is 127 Å². The lowest BCUT2D eigenvalue weighted by molar-refractivity contribution is 0.0652. The average Bonchev–Trinajstić information content (AvgIpc) is 4.28. The monoisotopic (exact) mass is 1080 g/mol. The highest BCUT2D eigenvalue weighted by molar-refractivity contribution is 7.28. The highest BCUT2D eigenvalue weighted by atomic mass is 32.1. The van der Waals surface area contributed by atoms with Gasteiger partial charge >= 0.3 is 0 Å². The van der Waals surface area contributed by atoms with Crippen LogP contribution in [-0.2, 0) is 12.8 Å². The fourth-order valence-electron chi connectivity index (χ4n) is 11.9. The third-order valence-corrected chi connectivity index (χ3v) is 21.2. The van der Waals surface area contributed by atoms with E-state index in [-0.39, 0.29) is 11.8 Å². The van der Waals surface area contributed by atoms with Crippen molar-refractivity contribution < 1.29 is 9.59 Å². The van der Waals surface area contributed by atoms with Crippen molar-refractivity contribution >= 4 is 98.9 Å². The second kappa shape index (κ2) is 27.4. The first-order chi connectivity index (χ1) is 36.8. The summed E-state index contributed by atoms with van der Waals surface area (Å²) in [5.74, 6) is -0.223. The van der Waals surface area contributed by atoms with Gasteiger partial charge in [-0.3, -0.25) is 14.5 Å². The van der Waals surface area contributed by atoms with Crippen LogP contribution in [0.5, 0.6) is 0 Å². The lowest BCUT2D eigenvalue weighted by atomic mass is 9.92. The molecule has 0 radical (unpaired) electrons. The number of rotatable bonds is 32. The predicted molar refractivity (Wildman–Crippen MR) is 334 cm³/mol. The maximum atomic E-state index is 14.5. The Morgan fingerprint density at radius 1 is 0.373 bits per heavy atom. The van der Waals surface area contributed by atoms with Gasteiger partial charge in [0.2, 0.25) is 0 Å². The number of thiophene rings is 4. The molecule has 1 aliphatic rings. The summed E-state index contributed by atoms with van der Waals surface area (Å²) in [6.07, 6.45) is 35.6. The van der Waals surface area contributed by atoms with Gasteiger partial charge < -0.3 is 0 Å². The summed E-state index contributed by atoms with van der Waals surface area (Å²) in [4.78, 5) is 36.9. The first kappa shape index (κ1) is 55.6. The van der Waals surface area contributed by atoms with Gasteiger partial charge in [0.15, 0.2) is 0 Å². The van der Waals surface area contributed by atoms with Gasteiger partial charge in [-0.15, -0.1) is 45.3 Å². The largest absolute Gasteiger partial charge is 0.274 e. The molecule has 0 aliphatic carbocycles. The quantitative estimate of drug-likeness (QED) is 0.0311. The first-order valence-corrected chi connectivity index (χ1v) is 33.1. The third kappa shape index (κ3) is 13.2. The van der Waals surface area contributed by atoms with Crippen LogP contribution in [-0.4, -0.2) is 23.3 Å². The van der Waals surface area contributed by atoms with E-state index in [0.29, 0.717) is 17.7 Å². The summed E-state index contributed by atoms with van der Waals surface area (Å²) < 4.78 is 2.83. The molecule has 1 aliphatic heterocycles. The van der Waals surface area contributed by atoms with Crippen molar-refractivity contribution in [1.82, 2.24) is 4.90 Å². The van der Waals surface area contributed by atoms with Crippen LogP contribution in [0.1, 0.15) is 230 Å². The number of hydrogen-bond donors (Lipinski definition) is 0. The molecular weight excluding hydrogens is 991 g/mol. The second-order valence-electron chi connectivity index (χ2n) is 22.2. The number of benzene rings is 4. The van der Waals surface area contributed by atoms with Gasteiger partial charge in [0.25, 0.3) is 11.8 Å². The van der Waals surface area contributed by atoms with E-state index < -0.39 is 0 Å². The first-order valence-electron chi connectivity index (χ1n) is 29.8. The van der Waals surface area contributed by atoms with E-state index >= 15 is 0 Å². The maximum absolute atomic E-state index is 14.5. The number of nitrogens with zero attached hydrogens (tertiary/aromatic N) is 1. The molecular formula is C68H85NO2S4. The van der Waals surface area contributed by atoms with Crippen LogP contribution in [0.2, 0.25) is 0 Å². The number of amides is 2. The Morgan fingerprint density at radius 2 is 0.813 bits per heavy atom. The normalized spacial score (nSPS) is 12.8. The zero-order chi connectivity index (χ0) is 52.1. The lowest BCUT2D eigenvalue weighted by Crippen LogP contribution is -2.31. The maximum Gasteiger partial charge on any atom is 0.263 e. The van der Waals surface area contributed by atoms with E-state index in [1.165, 1.54) is 221 Å². The summed E-state index contributed by atoms with van der Waals surface area (Å²) in [6, 6.07) is 28.3. The molecule has 0 atom stereocenters. The van der Waals surface area contributed by atoms with E-state index in [4.69, 9.17) is 0 Å². The third-order valence-electron chi connectivity index (χ3n) is 16.2. The molecule has 0 bridgehead atoms. The molecule has 398 valence electrons. The standard InChI is InChI=1S/C68H85NO2S4/c1-6-9-12-15-18-21-22-25-28-31-42-69-67(70)61-62(68(69)71)66(75-65(61)59-39-35-48(5)72-59)60-41-40-58(73-60)51-36-38-53-55(46-51)50(33-30-27-24-20-17-14-11-8-3)45-57-56-44-49(32-29-26-23-19-16-13-10-7-2)54-43-47(4)34-37-52(54)63(56)74-64(53)57/h34-41,43-46H,6-33,42H2,1-5H3. The molecule has 0 spiro atoms. The number of imide groups is 1. The minimum Gasteiger partial charge on any atom is -0.274 e. The van der Waals surface area contributed by atoms with Crippen molar-refractivity contribution in [2.24, 2.45) is 0 Å². The Labute approximate surface area is 466 Å². The van der Waals surface area contributed by atoms with E-state index in [2.05, 4.69) is 107 Å². The molecule has 2 amide bonds. The highest BCUT2D eigenvalue weighted by Crippen LogP contribution is 2.51. The lowest BCUT2D eigenvalue weighted by Gasteiger charge is -2.14. The predicted octanol–water partition coefficient (Wildman–Crippen LogP) is 23.0. The summed E-state index contributed by atoms with van der Waals surface area (Å²) in [7, 11) is 0. The fourth-order valence-corrected chi connectivity index (χ4v) is 16.6. The van der Waals surface area contributed by atoms with Crippen LogP contribution in [0.4, 0.5) is 0 Å². The molecule has 0 saturated heterocycles.